The maximum Gasteiger partial charge on any atom is 0.224 e. The van der Waals surface area contributed by atoms with E-state index in [-0.39, 0.29) is 18.1 Å². The minimum Gasteiger partial charge on any atom is -0.391 e. The zero-order chi connectivity index (χ0) is 15.1. The molecule has 0 radical (unpaired) electrons. The minimum absolute atomic E-state index is 0.0160. The Balaban J connectivity index is 1.81. The summed E-state index contributed by atoms with van der Waals surface area (Å²) in [5, 5.41) is 12.9. The van der Waals surface area contributed by atoms with Crippen LogP contribution in [0.4, 0.5) is 0 Å². The molecule has 0 saturated heterocycles. The van der Waals surface area contributed by atoms with E-state index in [9.17, 15) is 9.90 Å². The Morgan fingerprint density at radius 2 is 1.86 bits per heavy atom. The molecule has 3 nitrogen and oxygen atoms in total. The van der Waals surface area contributed by atoms with E-state index in [1.165, 1.54) is 18.4 Å². The number of aliphatic hydroxyl groups is 1. The largest absolute Gasteiger partial charge is 0.391 e. The van der Waals surface area contributed by atoms with Gasteiger partial charge >= 0.3 is 0 Å². The van der Waals surface area contributed by atoms with Crippen molar-refractivity contribution in [2.24, 2.45) is 0 Å². The van der Waals surface area contributed by atoms with Gasteiger partial charge in [-0.15, -0.1) is 0 Å². The molecule has 2 atom stereocenters. The standard InChI is InChI=1S/C18H27NO2/c1-2-3-6-14-9-11-15(12-10-14)13-18(21)19-16-7-4-5-8-17(16)20/h9-12,16-17,20H,2-8,13H2,1H3,(H,19,21)/t16-,17-/m1/s1. The van der Waals surface area contributed by atoms with Crippen LogP contribution in [0.1, 0.15) is 56.6 Å². The predicted molar refractivity (Wildman–Crippen MR) is 85.2 cm³/mol. The van der Waals surface area contributed by atoms with E-state index >= 15 is 0 Å². The van der Waals surface area contributed by atoms with Gasteiger partial charge < -0.3 is 10.4 Å². The topological polar surface area (TPSA) is 49.3 Å². The number of aliphatic hydroxyl groups excluding tert-OH is 1. The highest BCUT2D eigenvalue weighted by atomic mass is 16.3. The van der Waals surface area contributed by atoms with Crippen molar-refractivity contribution in [1.29, 1.82) is 0 Å². The van der Waals surface area contributed by atoms with Gasteiger partial charge in [-0.2, -0.15) is 0 Å². The van der Waals surface area contributed by atoms with E-state index in [0.29, 0.717) is 6.42 Å². The third kappa shape index (κ3) is 5.16. The summed E-state index contributed by atoms with van der Waals surface area (Å²) in [7, 11) is 0. The lowest BCUT2D eigenvalue weighted by Gasteiger charge is -2.28. The Labute approximate surface area is 127 Å². The number of hydrogen-bond acceptors (Lipinski definition) is 2. The van der Waals surface area contributed by atoms with Crippen LogP contribution in [0.3, 0.4) is 0 Å². The number of amides is 1. The summed E-state index contributed by atoms with van der Waals surface area (Å²) in [5.74, 6) is 0.0160. The van der Waals surface area contributed by atoms with E-state index in [2.05, 4.69) is 24.4 Å². The highest BCUT2D eigenvalue weighted by Crippen LogP contribution is 2.18. The van der Waals surface area contributed by atoms with Crippen LogP contribution in [0.25, 0.3) is 0 Å². The molecule has 1 aliphatic carbocycles. The van der Waals surface area contributed by atoms with Gasteiger partial charge in [0.25, 0.3) is 0 Å². The SMILES string of the molecule is CCCCc1ccc(CC(=O)N[C@@H]2CCCC[C@H]2O)cc1. The summed E-state index contributed by atoms with van der Waals surface area (Å²) in [6.07, 6.45) is 7.39. The highest BCUT2D eigenvalue weighted by molar-refractivity contribution is 5.78. The van der Waals surface area contributed by atoms with E-state index in [1.807, 2.05) is 12.1 Å². The maximum atomic E-state index is 12.1. The number of aryl methyl sites for hydroxylation is 1. The van der Waals surface area contributed by atoms with Gasteiger partial charge in [0, 0.05) is 0 Å². The fourth-order valence-corrected chi connectivity index (χ4v) is 2.93. The van der Waals surface area contributed by atoms with Crippen LogP contribution in [-0.4, -0.2) is 23.2 Å². The van der Waals surface area contributed by atoms with Crippen LogP contribution < -0.4 is 5.32 Å². The molecule has 0 heterocycles. The number of nitrogens with one attached hydrogen (secondary N) is 1. The van der Waals surface area contributed by atoms with Gasteiger partial charge in [0.15, 0.2) is 0 Å². The molecule has 116 valence electrons. The summed E-state index contributed by atoms with van der Waals surface area (Å²) < 4.78 is 0. The van der Waals surface area contributed by atoms with Crippen LogP contribution in [0, 0.1) is 0 Å². The van der Waals surface area contributed by atoms with Gasteiger partial charge in [-0.1, -0.05) is 50.5 Å². The summed E-state index contributed by atoms with van der Waals surface area (Å²) in [5.41, 5.74) is 2.38. The van der Waals surface area contributed by atoms with Crippen LogP contribution in [-0.2, 0) is 17.6 Å². The number of rotatable bonds is 6. The van der Waals surface area contributed by atoms with Crippen LogP contribution in [0.15, 0.2) is 24.3 Å². The monoisotopic (exact) mass is 289 g/mol. The molecule has 0 bridgehead atoms. The number of carbonyl (C=O) groups excluding carboxylic acids is 1. The molecule has 1 amide bonds. The molecule has 0 spiro atoms. The zero-order valence-electron chi connectivity index (χ0n) is 13.0. The van der Waals surface area contributed by atoms with Crippen LogP contribution in [0.5, 0.6) is 0 Å². The second-order valence-electron chi connectivity index (χ2n) is 6.12. The molecule has 2 rings (SSSR count). The molecule has 1 aliphatic rings. The Hall–Kier alpha value is -1.35. The first-order valence-electron chi connectivity index (χ1n) is 8.24. The van der Waals surface area contributed by atoms with Crippen molar-refractivity contribution < 1.29 is 9.90 Å². The number of hydrogen-bond donors (Lipinski definition) is 2. The first kappa shape index (κ1) is 16.0. The molecule has 2 N–H and O–H groups in total. The van der Waals surface area contributed by atoms with Gasteiger partial charge in [-0.25, -0.2) is 0 Å². The Kier molecular flexibility index (Phi) is 6.24. The first-order valence-corrected chi connectivity index (χ1v) is 8.24. The normalized spacial score (nSPS) is 22.0. The van der Waals surface area contributed by atoms with Crippen LogP contribution >= 0.6 is 0 Å². The van der Waals surface area contributed by atoms with Gasteiger partial charge in [0.05, 0.1) is 18.6 Å². The Morgan fingerprint density at radius 3 is 2.52 bits per heavy atom. The predicted octanol–water partition coefficient (Wildman–Crippen LogP) is 2.99. The molecule has 3 heteroatoms. The lowest BCUT2D eigenvalue weighted by atomic mass is 9.92. The van der Waals surface area contributed by atoms with E-state index in [0.717, 1.165) is 37.7 Å². The van der Waals surface area contributed by atoms with Crippen molar-refractivity contribution >= 4 is 5.91 Å². The molecule has 0 unspecified atom stereocenters. The highest BCUT2D eigenvalue weighted by Gasteiger charge is 2.24. The molecular weight excluding hydrogens is 262 g/mol. The third-order valence-electron chi connectivity index (χ3n) is 4.28. The Bertz CT molecular complexity index is 441. The van der Waals surface area contributed by atoms with Gasteiger partial charge in [-0.05, 0) is 36.8 Å². The van der Waals surface area contributed by atoms with Crippen molar-refractivity contribution in [3.05, 3.63) is 35.4 Å². The molecule has 0 aliphatic heterocycles. The molecule has 21 heavy (non-hydrogen) atoms. The average molecular weight is 289 g/mol. The zero-order valence-corrected chi connectivity index (χ0v) is 13.0. The summed E-state index contributed by atoms with van der Waals surface area (Å²) in [6, 6.07) is 8.26. The summed E-state index contributed by atoms with van der Waals surface area (Å²) in [4.78, 5) is 12.1. The average Bonchev–Trinajstić information content (AvgIpc) is 2.49. The van der Waals surface area contributed by atoms with E-state index < -0.39 is 0 Å². The molecular formula is C18H27NO2. The second kappa shape index (κ2) is 8.18. The fourth-order valence-electron chi connectivity index (χ4n) is 2.93. The van der Waals surface area contributed by atoms with Crippen molar-refractivity contribution in [3.8, 4) is 0 Å². The lowest BCUT2D eigenvalue weighted by Crippen LogP contribution is -2.45. The summed E-state index contributed by atoms with van der Waals surface area (Å²) >= 11 is 0. The Morgan fingerprint density at radius 1 is 1.19 bits per heavy atom. The van der Waals surface area contributed by atoms with Crippen molar-refractivity contribution in [2.45, 2.75) is 70.4 Å². The smallest absolute Gasteiger partial charge is 0.224 e. The van der Waals surface area contributed by atoms with E-state index in [4.69, 9.17) is 0 Å². The van der Waals surface area contributed by atoms with Crippen molar-refractivity contribution in [2.75, 3.05) is 0 Å². The summed E-state index contributed by atoms with van der Waals surface area (Å²) in [6.45, 7) is 2.19. The lowest BCUT2D eigenvalue weighted by molar-refractivity contribution is -0.122. The van der Waals surface area contributed by atoms with Crippen molar-refractivity contribution in [1.82, 2.24) is 5.32 Å². The number of benzene rings is 1. The first-order chi connectivity index (χ1) is 10.2. The van der Waals surface area contributed by atoms with Gasteiger partial charge in [0.1, 0.15) is 0 Å². The fraction of sp³-hybridized carbons (Fsp3) is 0.611. The van der Waals surface area contributed by atoms with Crippen molar-refractivity contribution in [3.63, 3.8) is 0 Å². The van der Waals surface area contributed by atoms with E-state index in [1.54, 1.807) is 0 Å². The third-order valence-corrected chi connectivity index (χ3v) is 4.28. The number of carbonyl (C=O) groups is 1. The molecule has 1 aromatic carbocycles. The molecule has 1 saturated carbocycles. The van der Waals surface area contributed by atoms with Gasteiger partial charge in [0.2, 0.25) is 5.91 Å². The molecule has 1 aromatic rings. The quantitative estimate of drug-likeness (QED) is 0.846. The molecule has 0 aromatic heterocycles. The second-order valence-corrected chi connectivity index (χ2v) is 6.12. The van der Waals surface area contributed by atoms with Crippen LogP contribution in [0.2, 0.25) is 0 Å². The molecule has 1 fully saturated rings. The maximum absolute atomic E-state index is 12.1. The number of unbranched alkanes of at least 4 members (excludes halogenated alkanes) is 1. The van der Waals surface area contributed by atoms with Gasteiger partial charge in [-0.3, -0.25) is 4.79 Å². The minimum atomic E-state index is -0.376.